The molecule has 0 aliphatic carbocycles. The van der Waals surface area contributed by atoms with Crippen molar-refractivity contribution in [2.75, 3.05) is 19.8 Å². The van der Waals surface area contributed by atoms with Crippen LogP contribution in [0.15, 0.2) is 0 Å². The number of rotatable bonds is 0. The first-order chi connectivity index (χ1) is 8.59. The van der Waals surface area contributed by atoms with Gasteiger partial charge in [-0.1, -0.05) is 41.5 Å². The third-order valence-corrected chi connectivity index (χ3v) is 0.711. The Balaban J connectivity index is -0.0000000881. The van der Waals surface area contributed by atoms with Crippen LogP contribution in [0, 0.1) is 35.6 Å². The summed E-state index contributed by atoms with van der Waals surface area (Å²) in [4.78, 5) is 10.1. The molecular formula is C13H27LaO6. The summed E-state index contributed by atoms with van der Waals surface area (Å²) in [5, 5.41) is 28.6. The summed E-state index contributed by atoms with van der Waals surface area (Å²) in [6.45, 7) is 10.8. The van der Waals surface area contributed by atoms with Crippen molar-refractivity contribution in [3.05, 3.63) is 0 Å². The largest absolute Gasteiger partial charge is 3.00 e. The van der Waals surface area contributed by atoms with Gasteiger partial charge >= 0.3 is 41.6 Å². The Morgan fingerprint density at radius 2 is 1.15 bits per heavy atom. The van der Waals surface area contributed by atoms with Crippen molar-refractivity contribution in [3.8, 4) is 0 Å². The summed E-state index contributed by atoms with van der Waals surface area (Å²) in [5.41, 5.74) is 0. The Morgan fingerprint density at radius 1 is 0.850 bits per heavy atom. The molecular weight excluding hydrogens is 391 g/mol. The quantitative estimate of drug-likeness (QED) is 0.459. The number of ether oxygens (including phenoxy) is 2. The van der Waals surface area contributed by atoms with Crippen molar-refractivity contribution >= 4 is 5.97 Å². The van der Waals surface area contributed by atoms with E-state index < -0.39 is 18.3 Å². The summed E-state index contributed by atoms with van der Waals surface area (Å²) in [5.74, 6) is -0.258. The molecule has 1 rings (SSSR count). The van der Waals surface area contributed by atoms with Gasteiger partial charge in [-0.05, 0) is 0 Å². The Morgan fingerprint density at radius 3 is 1.25 bits per heavy atom. The van der Waals surface area contributed by atoms with Crippen molar-refractivity contribution < 1.29 is 65.2 Å². The van der Waals surface area contributed by atoms with Crippen LogP contribution in [-0.2, 0) is 14.3 Å². The fourth-order valence-corrected chi connectivity index (χ4v) is 0.412. The summed E-state index contributed by atoms with van der Waals surface area (Å²) < 4.78 is 9.22. The van der Waals surface area contributed by atoms with Gasteiger partial charge in [0.25, 0.3) is 0 Å². The molecule has 7 heteroatoms. The van der Waals surface area contributed by atoms with Crippen molar-refractivity contribution in [2.24, 2.45) is 0 Å². The van der Waals surface area contributed by atoms with Gasteiger partial charge in [0.2, 0.25) is 0 Å². The molecule has 0 N–H and O–H groups in total. The molecule has 0 radical (unpaired) electrons. The van der Waals surface area contributed by atoms with E-state index in [2.05, 4.69) is 4.74 Å². The predicted octanol–water partition coefficient (Wildman–Crippen LogP) is -1.17. The molecule has 0 spiro atoms. The number of esters is 1. The standard InChI is InChI=1S/C4H6O3.3C3H7O.La/c5-4-3-6-1-2-7-4;3*1-3(2)4;/h1-3H2;3*3H,1-2H3;/q;3*-1;+3. The molecule has 1 aliphatic heterocycles. The molecule has 1 saturated heterocycles. The van der Waals surface area contributed by atoms with E-state index in [0.29, 0.717) is 13.2 Å². The Hall–Kier alpha value is 0.505. The number of cyclic esters (lactones) is 1. The first kappa shape index (κ1) is 28.6. The topological polar surface area (TPSA) is 105 Å². The molecule has 0 aromatic heterocycles. The van der Waals surface area contributed by atoms with E-state index in [0.717, 1.165) is 0 Å². The summed E-state index contributed by atoms with van der Waals surface area (Å²) in [6, 6.07) is 0. The number of hydrogen-bond acceptors (Lipinski definition) is 6. The minimum atomic E-state index is -0.417. The van der Waals surface area contributed by atoms with Crippen LogP contribution in [0.5, 0.6) is 0 Å². The van der Waals surface area contributed by atoms with Gasteiger partial charge in [-0.2, -0.15) is 0 Å². The van der Waals surface area contributed by atoms with Crippen LogP contribution in [0.25, 0.3) is 0 Å². The monoisotopic (exact) mass is 418 g/mol. The fraction of sp³-hybridized carbons (Fsp3) is 0.923. The average Bonchev–Trinajstić information content (AvgIpc) is 2.15. The smallest absolute Gasteiger partial charge is 0.852 e. The number of carbonyl (C=O) groups excluding carboxylic acids is 1. The van der Waals surface area contributed by atoms with Crippen molar-refractivity contribution in [2.45, 2.75) is 59.9 Å². The summed E-state index contributed by atoms with van der Waals surface area (Å²) >= 11 is 0. The van der Waals surface area contributed by atoms with Crippen LogP contribution >= 0.6 is 0 Å². The van der Waals surface area contributed by atoms with Gasteiger partial charge in [-0.15, -0.1) is 18.3 Å². The zero-order chi connectivity index (χ0) is 15.8. The van der Waals surface area contributed by atoms with Crippen LogP contribution in [0.1, 0.15) is 41.5 Å². The second-order valence-corrected chi connectivity index (χ2v) is 4.42. The van der Waals surface area contributed by atoms with Crippen molar-refractivity contribution in [1.82, 2.24) is 0 Å². The molecule has 0 aromatic rings. The minimum absolute atomic E-state index is 0. The second-order valence-electron chi connectivity index (χ2n) is 4.42. The maximum absolute atomic E-state index is 10.1. The van der Waals surface area contributed by atoms with E-state index >= 15 is 0 Å². The Labute approximate surface area is 150 Å². The van der Waals surface area contributed by atoms with Gasteiger partial charge in [0.1, 0.15) is 13.2 Å². The molecule has 0 unspecified atom stereocenters. The van der Waals surface area contributed by atoms with Gasteiger partial charge in [0.05, 0.1) is 6.61 Å². The number of carbonyl (C=O) groups is 1. The molecule has 0 atom stereocenters. The molecule has 0 bridgehead atoms. The van der Waals surface area contributed by atoms with E-state index in [1.807, 2.05) is 0 Å². The zero-order valence-corrected chi connectivity index (χ0v) is 17.0. The Bertz CT molecular complexity index is 155. The van der Waals surface area contributed by atoms with Crippen LogP contribution in [0.3, 0.4) is 0 Å². The SMILES string of the molecule is CC(C)[O-].CC(C)[O-].CC(C)[O-].O=C1COCCO1.[La+3]. The molecule has 1 heterocycles. The van der Waals surface area contributed by atoms with Crippen molar-refractivity contribution in [3.63, 3.8) is 0 Å². The molecule has 1 fully saturated rings. The summed E-state index contributed by atoms with van der Waals surface area (Å²) in [7, 11) is 0. The Kier molecular flexibility index (Phi) is 31.2. The van der Waals surface area contributed by atoms with Crippen LogP contribution < -0.4 is 15.3 Å². The second kappa shape index (κ2) is 21.8. The van der Waals surface area contributed by atoms with E-state index in [4.69, 9.17) is 4.74 Å². The molecule has 20 heavy (non-hydrogen) atoms. The van der Waals surface area contributed by atoms with E-state index in [-0.39, 0.29) is 48.2 Å². The van der Waals surface area contributed by atoms with Crippen LogP contribution in [-0.4, -0.2) is 44.1 Å². The molecule has 0 amide bonds. The van der Waals surface area contributed by atoms with Crippen LogP contribution in [0.4, 0.5) is 0 Å². The fourth-order valence-electron chi connectivity index (χ4n) is 0.412. The maximum atomic E-state index is 10.1. The number of hydrogen-bond donors (Lipinski definition) is 0. The normalized spacial score (nSPS) is 12.9. The van der Waals surface area contributed by atoms with E-state index in [1.54, 1.807) is 41.5 Å². The first-order valence-electron chi connectivity index (χ1n) is 6.30. The summed E-state index contributed by atoms with van der Waals surface area (Å²) in [6.07, 6.45) is -1.25. The van der Waals surface area contributed by atoms with Crippen molar-refractivity contribution in [1.29, 1.82) is 0 Å². The van der Waals surface area contributed by atoms with Crippen LogP contribution in [0.2, 0.25) is 0 Å². The maximum Gasteiger partial charge on any atom is 3.00 e. The third-order valence-electron chi connectivity index (χ3n) is 0.711. The molecule has 1 aliphatic rings. The van der Waals surface area contributed by atoms with Gasteiger partial charge < -0.3 is 24.8 Å². The van der Waals surface area contributed by atoms with Gasteiger partial charge in [-0.25, -0.2) is 4.79 Å². The molecule has 118 valence electrons. The minimum Gasteiger partial charge on any atom is -0.852 e. The van der Waals surface area contributed by atoms with Gasteiger partial charge in [-0.3, -0.25) is 0 Å². The first-order valence-corrected chi connectivity index (χ1v) is 6.30. The molecule has 0 saturated carbocycles. The van der Waals surface area contributed by atoms with E-state index in [1.165, 1.54) is 0 Å². The van der Waals surface area contributed by atoms with Gasteiger partial charge in [0, 0.05) is 0 Å². The predicted molar refractivity (Wildman–Crippen MR) is 67.2 cm³/mol. The average molecular weight is 418 g/mol. The van der Waals surface area contributed by atoms with Gasteiger partial charge in [0.15, 0.2) is 0 Å². The third kappa shape index (κ3) is 78.4. The molecule has 0 aromatic carbocycles. The van der Waals surface area contributed by atoms with E-state index in [9.17, 15) is 20.1 Å². The molecule has 6 nitrogen and oxygen atoms in total. The zero-order valence-electron chi connectivity index (χ0n) is 13.4.